The van der Waals surface area contributed by atoms with E-state index in [1.165, 1.54) is 12.8 Å². The van der Waals surface area contributed by atoms with Crippen molar-refractivity contribution >= 4 is 11.9 Å². The molecule has 3 rings (SSSR count). The largest absolute Gasteiger partial charge is 0.448 e. The van der Waals surface area contributed by atoms with Crippen LogP contribution in [0, 0.1) is 16.7 Å². The van der Waals surface area contributed by atoms with Crippen molar-refractivity contribution < 1.29 is 19.2 Å². The number of esters is 1. The average Bonchev–Trinajstić information content (AvgIpc) is 3.10. The fourth-order valence-electron chi connectivity index (χ4n) is 3.34. The van der Waals surface area contributed by atoms with Crippen LogP contribution >= 0.6 is 0 Å². The standard InChI is InChI=1S/C14H21NO4/c1-12(2)13(3)6-7-14(12,19-11(13)17)10(16)15-18-8-9-4-5-9/h9H,4-8H2,1-3H3,(H,15,16)/t13-,14+/m0/s1. The second-order valence-corrected chi connectivity index (χ2v) is 6.86. The molecule has 5 nitrogen and oxygen atoms in total. The lowest BCUT2D eigenvalue weighted by atomic mass is 9.66. The van der Waals surface area contributed by atoms with Crippen molar-refractivity contribution in [3.8, 4) is 0 Å². The highest BCUT2D eigenvalue weighted by Gasteiger charge is 2.75. The molecule has 19 heavy (non-hydrogen) atoms. The van der Waals surface area contributed by atoms with E-state index in [9.17, 15) is 9.59 Å². The third-order valence-corrected chi connectivity index (χ3v) is 5.63. The van der Waals surface area contributed by atoms with E-state index in [-0.39, 0.29) is 11.9 Å². The molecule has 0 aromatic carbocycles. The minimum Gasteiger partial charge on any atom is -0.448 e. The first-order valence-electron chi connectivity index (χ1n) is 6.99. The Balaban J connectivity index is 1.75. The Morgan fingerprint density at radius 3 is 2.53 bits per heavy atom. The van der Waals surface area contributed by atoms with Crippen LogP contribution in [0.25, 0.3) is 0 Å². The molecule has 2 saturated carbocycles. The van der Waals surface area contributed by atoms with E-state index in [2.05, 4.69) is 5.48 Å². The zero-order valence-corrected chi connectivity index (χ0v) is 11.7. The predicted molar refractivity (Wildman–Crippen MR) is 66.8 cm³/mol. The van der Waals surface area contributed by atoms with Crippen molar-refractivity contribution in [2.45, 2.75) is 52.1 Å². The number of hydrogen-bond donors (Lipinski definition) is 1. The number of nitrogens with one attached hydrogen (secondary N) is 1. The molecule has 1 saturated heterocycles. The van der Waals surface area contributed by atoms with E-state index in [0.717, 1.165) is 0 Å². The van der Waals surface area contributed by atoms with Gasteiger partial charge in [-0.1, -0.05) is 13.8 Å². The van der Waals surface area contributed by atoms with Crippen molar-refractivity contribution in [3.63, 3.8) is 0 Å². The van der Waals surface area contributed by atoms with Crippen LogP contribution in [0.2, 0.25) is 0 Å². The quantitative estimate of drug-likeness (QED) is 0.620. The summed E-state index contributed by atoms with van der Waals surface area (Å²) in [4.78, 5) is 29.7. The van der Waals surface area contributed by atoms with Gasteiger partial charge in [0.05, 0.1) is 12.0 Å². The summed E-state index contributed by atoms with van der Waals surface area (Å²) in [6.07, 6.45) is 3.59. The number of carbonyl (C=O) groups excluding carboxylic acids is 2. The molecule has 1 heterocycles. The summed E-state index contributed by atoms with van der Waals surface area (Å²) in [5, 5.41) is 0. The highest BCUT2D eigenvalue weighted by atomic mass is 16.7. The normalized spacial score (nSPS) is 39.2. The zero-order chi connectivity index (χ0) is 13.9. The van der Waals surface area contributed by atoms with E-state index in [1.54, 1.807) is 0 Å². The Labute approximate surface area is 113 Å². The van der Waals surface area contributed by atoms with Crippen LogP contribution in [0.4, 0.5) is 0 Å². The van der Waals surface area contributed by atoms with Gasteiger partial charge in [0.25, 0.3) is 5.91 Å². The van der Waals surface area contributed by atoms with Crippen LogP contribution in [0.3, 0.4) is 0 Å². The van der Waals surface area contributed by atoms with Crippen molar-refractivity contribution in [3.05, 3.63) is 0 Å². The molecule has 106 valence electrons. The molecule has 1 aliphatic heterocycles. The maximum absolute atomic E-state index is 12.4. The number of hydrogen-bond acceptors (Lipinski definition) is 4. The number of fused-ring (bicyclic) bond motifs is 2. The third-order valence-electron chi connectivity index (χ3n) is 5.63. The summed E-state index contributed by atoms with van der Waals surface area (Å²) in [6, 6.07) is 0. The summed E-state index contributed by atoms with van der Waals surface area (Å²) < 4.78 is 5.47. The monoisotopic (exact) mass is 267 g/mol. The molecule has 1 N–H and O–H groups in total. The Morgan fingerprint density at radius 2 is 2.05 bits per heavy atom. The molecule has 3 aliphatic rings. The summed E-state index contributed by atoms with van der Waals surface area (Å²) in [5.74, 6) is -0.000370. The number of ether oxygens (including phenoxy) is 1. The first-order valence-corrected chi connectivity index (χ1v) is 6.99. The molecule has 3 fully saturated rings. The van der Waals surface area contributed by atoms with Crippen LogP contribution < -0.4 is 5.48 Å². The minimum atomic E-state index is -1.07. The van der Waals surface area contributed by atoms with Gasteiger partial charge in [-0.25, -0.2) is 5.48 Å². The lowest BCUT2D eigenvalue weighted by Crippen LogP contribution is -2.53. The van der Waals surface area contributed by atoms with E-state index < -0.39 is 16.4 Å². The lowest BCUT2D eigenvalue weighted by molar-refractivity contribution is -0.174. The second-order valence-electron chi connectivity index (χ2n) is 6.86. The first-order chi connectivity index (χ1) is 8.83. The third kappa shape index (κ3) is 1.51. The highest BCUT2D eigenvalue weighted by Crippen LogP contribution is 2.65. The molecule has 5 heteroatoms. The molecule has 2 bridgehead atoms. The molecule has 0 radical (unpaired) electrons. The molecule has 2 atom stereocenters. The summed E-state index contributed by atoms with van der Waals surface area (Å²) in [7, 11) is 0. The molecular formula is C14H21NO4. The van der Waals surface area contributed by atoms with Crippen molar-refractivity contribution in [2.75, 3.05) is 6.61 Å². The van der Waals surface area contributed by atoms with E-state index >= 15 is 0 Å². The Hall–Kier alpha value is -1.10. The van der Waals surface area contributed by atoms with E-state index in [1.807, 2.05) is 20.8 Å². The zero-order valence-electron chi connectivity index (χ0n) is 11.7. The summed E-state index contributed by atoms with van der Waals surface area (Å²) in [5.41, 5.74) is 0.346. The molecule has 0 aromatic heterocycles. The molecule has 0 unspecified atom stereocenters. The lowest BCUT2D eigenvalue weighted by Gasteiger charge is -2.35. The van der Waals surface area contributed by atoms with Gasteiger partial charge in [-0.15, -0.1) is 0 Å². The van der Waals surface area contributed by atoms with Crippen LogP contribution in [-0.2, 0) is 19.2 Å². The van der Waals surface area contributed by atoms with Gasteiger partial charge in [0.2, 0.25) is 0 Å². The van der Waals surface area contributed by atoms with Crippen molar-refractivity contribution in [1.82, 2.24) is 5.48 Å². The van der Waals surface area contributed by atoms with Gasteiger partial charge in [0.1, 0.15) is 0 Å². The Kier molecular flexibility index (Phi) is 2.53. The molecule has 1 amide bonds. The van der Waals surface area contributed by atoms with Crippen LogP contribution in [0.5, 0.6) is 0 Å². The van der Waals surface area contributed by atoms with Crippen molar-refractivity contribution in [1.29, 1.82) is 0 Å². The number of amides is 1. The number of hydroxylamine groups is 1. The molecular weight excluding hydrogens is 246 g/mol. The minimum absolute atomic E-state index is 0.263. The van der Waals surface area contributed by atoms with E-state index in [0.29, 0.717) is 25.4 Å². The smallest absolute Gasteiger partial charge is 0.313 e. The highest BCUT2D eigenvalue weighted by molar-refractivity contribution is 5.95. The Bertz CT molecular complexity index is 443. The number of carbonyl (C=O) groups is 2. The van der Waals surface area contributed by atoms with E-state index in [4.69, 9.17) is 9.57 Å². The van der Waals surface area contributed by atoms with Crippen LogP contribution in [-0.4, -0.2) is 24.1 Å². The number of rotatable bonds is 4. The first kappa shape index (κ1) is 12.9. The van der Waals surface area contributed by atoms with Gasteiger partial charge in [0, 0.05) is 5.41 Å². The van der Waals surface area contributed by atoms with Crippen molar-refractivity contribution in [2.24, 2.45) is 16.7 Å². The maximum atomic E-state index is 12.4. The topological polar surface area (TPSA) is 64.6 Å². The van der Waals surface area contributed by atoms with Gasteiger partial charge in [-0.2, -0.15) is 0 Å². The fraction of sp³-hybridized carbons (Fsp3) is 0.857. The van der Waals surface area contributed by atoms with Gasteiger partial charge in [-0.05, 0) is 38.5 Å². The molecule has 2 aliphatic carbocycles. The van der Waals surface area contributed by atoms with Gasteiger partial charge in [-0.3, -0.25) is 14.4 Å². The average molecular weight is 267 g/mol. The van der Waals surface area contributed by atoms with Gasteiger partial charge < -0.3 is 4.74 Å². The van der Waals surface area contributed by atoms with Gasteiger partial charge in [0.15, 0.2) is 5.60 Å². The summed E-state index contributed by atoms with van der Waals surface area (Å²) >= 11 is 0. The SMILES string of the molecule is CC1(C)[C@@]2(C)CC[C@]1(C(=O)NOCC1CC1)OC2=O. The van der Waals surface area contributed by atoms with Crippen LogP contribution in [0.15, 0.2) is 0 Å². The molecule has 0 spiro atoms. The molecule has 0 aromatic rings. The van der Waals surface area contributed by atoms with Gasteiger partial charge >= 0.3 is 5.97 Å². The second kappa shape index (κ2) is 3.72. The maximum Gasteiger partial charge on any atom is 0.313 e. The predicted octanol–water partition coefficient (Wildman–Crippen LogP) is 1.57. The Morgan fingerprint density at radius 1 is 1.37 bits per heavy atom. The van der Waals surface area contributed by atoms with Crippen LogP contribution in [0.1, 0.15) is 46.5 Å². The summed E-state index contributed by atoms with van der Waals surface area (Å²) in [6.45, 7) is 6.31. The fourth-order valence-corrected chi connectivity index (χ4v) is 3.34.